The van der Waals surface area contributed by atoms with E-state index in [2.05, 4.69) is 59.6 Å². The summed E-state index contributed by atoms with van der Waals surface area (Å²) in [7, 11) is 0. The third-order valence-corrected chi connectivity index (χ3v) is 10.3. The van der Waals surface area contributed by atoms with Crippen molar-refractivity contribution in [3.05, 3.63) is 178 Å². The van der Waals surface area contributed by atoms with Crippen molar-refractivity contribution >= 4 is 23.7 Å². The Bertz CT molecular complexity index is 2440. The van der Waals surface area contributed by atoms with Crippen molar-refractivity contribution in [2.24, 2.45) is 0 Å². The standard InChI is InChI=1S/C48H47ClN6O5/c1-6-7-27-41-50-43(49)42(45(56)58-33(2)59-46(57)60-47(3,4)5)54(41)32-34-28-30-35(31-29-34)39-25-17-18-26-40(39)44-51-52-53-55(44)48(36-19-11-8-12-20-36,37-21-13-9-14-22-37)38-23-15-10-16-24-38/h8-26,28-31,33H,6-7,27,32H2,1-5H3. The van der Waals surface area contributed by atoms with Crippen LogP contribution in [0.15, 0.2) is 140 Å². The van der Waals surface area contributed by atoms with Gasteiger partial charge in [-0.25, -0.2) is 19.3 Å². The zero-order chi connectivity index (χ0) is 42.3. The van der Waals surface area contributed by atoms with E-state index < -0.39 is 29.6 Å². The first kappa shape index (κ1) is 41.6. The largest absolute Gasteiger partial charge is 0.511 e. The molecule has 1 atom stereocenters. The second-order valence-electron chi connectivity index (χ2n) is 15.4. The molecule has 0 N–H and O–H groups in total. The number of benzene rings is 5. The fourth-order valence-electron chi connectivity index (χ4n) is 7.39. The summed E-state index contributed by atoms with van der Waals surface area (Å²) in [6, 6.07) is 47.1. The monoisotopic (exact) mass is 822 g/mol. The number of aromatic nitrogens is 6. The van der Waals surface area contributed by atoms with Crippen LogP contribution in [-0.4, -0.2) is 53.8 Å². The quantitative estimate of drug-likeness (QED) is 0.0599. The van der Waals surface area contributed by atoms with Crippen LogP contribution in [0.4, 0.5) is 4.79 Å². The summed E-state index contributed by atoms with van der Waals surface area (Å²) < 4.78 is 19.6. The Kier molecular flexibility index (Phi) is 12.6. The smallest absolute Gasteiger partial charge is 0.428 e. The number of ether oxygens (including phenoxy) is 3. The maximum atomic E-state index is 13.6. The molecule has 0 amide bonds. The summed E-state index contributed by atoms with van der Waals surface area (Å²) in [4.78, 5) is 30.4. The number of carbonyl (C=O) groups is 2. The van der Waals surface area contributed by atoms with Gasteiger partial charge in [0, 0.05) is 25.5 Å². The summed E-state index contributed by atoms with van der Waals surface area (Å²) >= 11 is 6.62. The van der Waals surface area contributed by atoms with E-state index in [9.17, 15) is 9.59 Å². The van der Waals surface area contributed by atoms with Crippen LogP contribution < -0.4 is 0 Å². The van der Waals surface area contributed by atoms with E-state index in [1.54, 1.807) is 25.3 Å². The molecule has 0 radical (unpaired) electrons. The third-order valence-electron chi connectivity index (χ3n) is 10.0. The lowest BCUT2D eigenvalue weighted by molar-refractivity contribution is -0.0978. The molecule has 1 unspecified atom stereocenters. The predicted octanol–water partition coefficient (Wildman–Crippen LogP) is 10.5. The number of tetrazole rings is 1. The fraction of sp³-hybridized carbons (Fsp3) is 0.250. The number of unbranched alkanes of at least 4 members (excludes halogenated alkanes) is 1. The highest BCUT2D eigenvalue weighted by atomic mass is 35.5. The molecule has 7 rings (SSSR count). The summed E-state index contributed by atoms with van der Waals surface area (Å²) in [5.74, 6) is 0.467. The lowest BCUT2D eigenvalue weighted by Gasteiger charge is -2.36. The van der Waals surface area contributed by atoms with Crippen LogP contribution >= 0.6 is 11.6 Å². The molecule has 0 fully saturated rings. The molecule has 7 aromatic rings. The molecule has 0 aliphatic heterocycles. The number of aryl methyl sites for hydroxylation is 1. The highest BCUT2D eigenvalue weighted by molar-refractivity contribution is 6.32. The molecule has 0 bridgehead atoms. The van der Waals surface area contributed by atoms with E-state index in [1.807, 2.05) is 102 Å². The molecular formula is C48H47ClN6O5. The Morgan fingerprint density at radius 1 is 0.733 bits per heavy atom. The van der Waals surface area contributed by atoms with Crippen LogP contribution in [-0.2, 0) is 32.7 Å². The average Bonchev–Trinajstić information content (AvgIpc) is 3.85. The van der Waals surface area contributed by atoms with Crippen LogP contribution in [0.5, 0.6) is 0 Å². The van der Waals surface area contributed by atoms with Crippen molar-refractivity contribution in [2.45, 2.75) is 77.9 Å². The van der Waals surface area contributed by atoms with Crippen LogP contribution in [0.1, 0.15) is 86.0 Å². The van der Waals surface area contributed by atoms with Gasteiger partial charge in [0.1, 0.15) is 17.0 Å². The van der Waals surface area contributed by atoms with Crippen molar-refractivity contribution in [2.75, 3.05) is 0 Å². The van der Waals surface area contributed by atoms with Crippen LogP contribution in [0.25, 0.3) is 22.5 Å². The number of nitrogens with zero attached hydrogens (tertiary/aromatic N) is 6. The zero-order valence-corrected chi connectivity index (χ0v) is 35.0. The van der Waals surface area contributed by atoms with E-state index in [4.69, 9.17) is 36.1 Å². The molecule has 0 aliphatic rings. The summed E-state index contributed by atoms with van der Waals surface area (Å²) in [5.41, 5.74) is 5.01. The first-order chi connectivity index (χ1) is 29.0. The number of halogens is 1. The van der Waals surface area contributed by atoms with Crippen molar-refractivity contribution in [1.82, 2.24) is 29.8 Å². The second-order valence-corrected chi connectivity index (χ2v) is 15.7. The average molecular weight is 823 g/mol. The predicted molar refractivity (Wildman–Crippen MR) is 230 cm³/mol. The molecule has 0 spiro atoms. The van der Waals surface area contributed by atoms with Gasteiger partial charge in [-0.3, -0.25) is 0 Å². The fourth-order valence-corrected chi connectivity index (χ4v) is 7.66. The van der Waals surface area contributed by atoms with E-state index in [0.29, 0.717) is 24.6 Å². The maximum Gasteiger partial charge on any atom is 0.511 e. The number of hydrogen-bond donors (Lipinski definition) is 0. The summed E-state index contributed by atoms with van der Waals surface area (Å²) in [6.45, 7) is 8.96. The lowest BCUT2D eigenvalue weighted by atomic mass is 9.77. The van der Waals surface area contributed by atoms with Crippen molar-refractivity contribution < 1.29 is 23.8 Å². The molecule has 306 valence electrons. The van der Waals surface area contributed by atoms with Gasteiger partial charge in [0.05, 0.1) is 0 Å². The van der Waals surface area contributed by atoms with Gasteiger partial charge < -0.3 is 18.8 Å². The molecule has 60 heavy (non-hydrogen) atoms. The van der Waals surface area contributed by atoms with Gasteiger partial charge in [-0.15, -0.1) is 5.10 Å². The van der Waals surface area contributed by atoms with Gasteiger partial charge in [0.2, 0.25) is 6.29 Å². The van der Waals surface area contributed by atoms with Crippen LogP contribution in [0, 0.1) is 0 Å². The van der Waals surface area contributed by atoms with Crippen molar-refractivity contribution in [3.8, 4) is 22.5 Å². The van der Waals surface area contributed by atoms with Crippen LogP contribution in [0.3, 0.4) is 0 Å². The van der Waals surface area contributed by atoms with Gasteiger partial charge in [-0.2, -0.15) is 0 Å². The van der Waals surface area contributed by atoms with Crippen molar-refractivity contribution in [1.29, 1.82) is 0 Å². The van der Waals surface area contributed by atoms with E-state index in [-0.39, 0.29) is 10.8 Å². The highest BCUT2D eigenvalue weighted by Crippen LogP contribution is 2.43. The first-order valence-electron chi connectivity index (χ1n) is 20.0. The zero-order valence-electron chi connectivity index (χ0n) is 34.3. The van der Waals surface area contributed by atoms with Crippen LogP contribution in [0.2, 0.25) is 5.15 Å². The molecule has 5 aromatic carbocycles. The van der Waals surface area contributed by atoms with E-state index >= 15 is 0 Å². The molecule has 0 aliphatic carbocycles. The summed E-state index contributed by atoms with van der Waals surface area (Å²) in [5, 5.41) is 13.8. The molecule has 2 aromatic heterocycles. The van der Waals surface area contributed by atoms with Gasteiger partial charge in [-0.1, -0.05) is 164 Å². The molecule has 0 saturated heterocycles. The van der Waals surface area contributed by atoms with Gasteiger partial charge in [0.15, 0.2) is 16.7 Å². The number of rotatable bonds is 14. The Morgan fingerprint density at radius 2 is 1.28 bits per heavy atom. The first-order valence-corrected chi connectivity index (χ1v) is 20.4. The minimum atomic E-state index is -1.23. The molecule has 11 nitrogen and oxygen atoms in total. The van der Waals surface area contributed by atoms with Gasteiger partial charge in [0.25, 0.3) is 0 Å². The minimum Gasteiger partial charge on any atom is -0.428 e. The number of hydrogen-bond acceptors (Lipinski definition) is 9. The maximum absolute atomic E-state index is 13.6. The van der Waals surface area contributed by atoms with Gasteiger partial charge >= 0.3 is 12.1 Å². The topological polar surface area (TPSA) is 123 Å². The molecule has 2 heterocycles. The third kappa shape index (κ3) is 8.86. The highest BCUT2D eigenvalue weighted by Gasteiger charge is 2.42. The second kappa shape index (κ2) is 18.1. The minimum absolute atomic E-state index is 0.0106. The van der Waals surface area contributed by atoms with E-state index in [1.165, 1.54) is 6.92 Å². The number of carbonyl (C=O) groups excluding carboxylic acids is 2. The SMILES string of the molecule is CCCCc1nc(Cl)c(C(=O)OC(C)OC(=O)OC(C)(C)C)n1Cc1ccc(-c2ccccc2-c2nnnn2C(c2ccccc2)(c2ccccc2)c2ccccc2)cc1. The molecule has 0 saturated carbocycles. The molecular weight excluding hydrogens is 776 g/mol. The Morgan fingerprint density at radius 3 is 1.83 bits per heavy atom. The van der Waals surface area contributed by atoms with Crippen molar-refractivity contribution in [3.63, 3.8) is 0 Å². The Balaban J connectivity index is 1.24. The summed E-state index contributed by atoms with van der Waals surface area (Å²) in [6.07, 6.45) is 0.182. The molecule has 12 heteroatoms. The number of esters is 1. The normalized spacial score (nSPS) is 12.2. The number of imidazole rings is 1. The lowest BCUT2D eigenvalue weighted by Crippen LogP contribution is -2.39. The Hall–Kier alpha value is -6.59. The van der Waals surface area contributed by atoms with E-state index in [0.717, 1.165) is 51.8 Å². The van der Waals surface area contributed by atoms with Gasteiger partial charge in [-0.05, 0) is 71.0 Å². The Labute approximate surface area is 354 Å².